The highest BCUT2D eigenvalue weighted by Gasteiger charge is 2.50. The highest BCUT2D eigenvalue weighted by atomic mass is 16.5. The van der Waals surface area contributed by atoms with Crippen LogP contribution in [0.2, 0.25) is 0 Å². The Bertz CT molecular complexity index is 376. The highest BCUT2D eigenvalue weighted by molar-refractivity contribution is 5.72. The van der Waals surface area contributed by atoms with Crippen molar-refractivity contribution in [1.29, 1.82) is 0 Å². The lowest BCUT2D eigenvalue weighted by Gasteiger charge is -2.42. The van der Waals surface area contributed by atoms with Crippen LogP contribution >= 0.6 is 0 Å². The summed E-state index contributed by atoms with van der Waals surface area (Å²) in [7, 11) is 0. The van der Waals surface area contributed by atoms with Crippen molar-refractivity contribution in [2.45, 2.75) is 19.3 Å². The van der Waals surface area contributed by atoms with E-state index in [0.717, 1.165) is 11.5 Å². The molecule has 4 heteroatoms. The van der Waals surface area contributed by atoms with Crippen LogP contribution in [-0.4, -0.2) is 24.3 Å². The fourth-order valence-corrected chi connectivity index (χ4v) is 1.87. The van der Waals surface area contributed by atoms with Crippen molar-refractivity contribution in [2.75, 3.05) is 13.2 Å². The Hall–Kier alpha value is -1.29. The standard InChI is InChI=1S/C11H14O4/c1-7-3-4-9(15-7)11(5-14-6-11)8(2)10(12)13/h3-4,8H,5-6H2,1-2H3,(H,12,13). The second kappa shape index (κ2) is 3.38. The van der Waals surface area contributed by atoms with Gasteiger partial charge in [-0.05, 0) is 19.1 Å². The van der Waals surface area contributed by atoms with E-state index >= 15 is 0 Å². The Balaban J connectivity index is 2.33. The average Bonchev–Trinajstić information content (AvgIpc) is 2.50. The molecule has 0 bridgehead atoms. The number of rotatable bonds is 3. The van der Waals surface area contributed by atoms with Gasteiger partial charge in [0, 0.05) is 0 Å². The van der Waals surface area contributed by atoms with Gasteiger partial charge >= 0.3 is 5.97 Å². The summed E-state index contributed by atoms with van der Waals surface area (Å²) in [6, 6.07) is 3.70. The maximum atomic E-state index is 11.0. The fraction of sp³-hybridized carbons (Fsp3) is 0.545. The molecule has 1 aliphatic rings. The maximum Gasteiger partial charge on any atom is 0.307 e. The van der Waals surface area contributed by atoms with E-state index < -0.39 is 17.3 Å². The van der Waals surface area contributed by atoms with Gasteiger partial charge in [0.05, 0.1) is 24.5 Å². The van der Waals surface area contributed by atoms with Gasteiger partial charge in [-0.25, -0.2) is 0 Å². The van der Waals surface area contributed by atoms with Crippen molar-refractivity contribution >= 4 is 5.97 Å². The molecule has 1 N–H and O–H groups in total. The molecule has 0 aromatic carbocycles. The molecular formula is C11H14O4. The molecule has 1 aromatic heterocycles. The van der Waals surface area contributed by atoms with Gasteiger partial charge in [0.1, 0.15) is 11.5 Å². The Morgan fingerprint density at radius 3 is 2.53 bits per heavy atom. The molecule has 1 unspecified atom stereocenters. The lowest BCUT2D eigenvalue weighted by molar-refractivity contribution is -0.157. The van der Waals surface area contributed by atoms with E-state index in [1.165, 1.54) is 0 Å². The fourth-order valence-electron chi connectivity index (χ4n) is 1.87. The quantitative estimate of drug-likeness (QED) is 0.822. The molecule has 82 valence electrons. The minimum absolute atomic E-state index is 0.424. The molecule has 1 saturated heterocycles. The minimum atomic E-state index is -0.813. The van der Waals surface area contributed by atoms with E-state index in [1.807, 2.05) is 19.1 Å². The van der Waals surface area contributed by atoms with Crippen molar-refractivity contribution in [2.24, 2.45) is 5.92 Å². The molecule has 0 amide bonds. The molecule has 15 heavy (non-hydrogen) atoms. The van der Waals surface area contributed by atoms with Crippen LogP contribution < -0.4 is 0 Å². The Kier molecular flexibility index (Phi) is 2.31. The summed E-state index contributed by atoms with van der Waals surface area (Å²) in [5, 5.41) is 9.05. The van der Waals surface area contributed by atoms with E-state index in [-0.39, 0.29) is 0 Å². The van der Waals surface area contributed by atoms with E-state index in [9.17, 15) is 4.79 Å². The zero-order valence-corrected chi connectivity index (χ0v) is 8.82. The molecule has 0 spiro atoms. The van der Waals surface area contributed by atoms with E-state index in [1.54, 1.807) is 6.92 Å². The van der Waals surface area contributed by atoms with E-state index in [0.29, 0.717) is 13.2 Å². The topological polar surface area (TPSA) is 59.7 Å². The predicted octanol–water partition coefficient (Wildman–Crippen LogP) is 1.58. The van der Waals surface area contributed by atoms with Crippen LogP contribution in [0.3, 0.4) is 0 Å². The third kappa shape index (κ3) is 1.45. The number of aliphatic carboxylic acids is 1. The summed E-state index contributed by atoms with van der Waals surface area (Å²) in [6.45, 7) is 4.39. The second-order valence-corrected chi connectivity index (χ2v) is 4.12. The molecule has 0 saturated carbocycles. The average molecular weight is 210 g/mol. The zero-order valence-electron chi connectivity index (χ0n) is 8.82. The molecule has 4 nitrogen and oxygen atoms in total. The van der Waals surface area contributed by atoms with E-state index in [4.69, 9.17) is 14.3 Å². The smallest absolute Gasteiger partial charge is 0.307 e. The van der Waals surface area contributed by atoms with Crippen LogP contribution in [0.15, 0.2) is 16.5 Å². The molecule has 1 atom stereocenters. The predicted molar refractivity (Wildman–Crippen MR) is 52.7 cm³/mol. The van der Waals surface area contributed by atoms with Gasteiger partial charge in [-0.1, -0.05) is 6.92 Å². The Labute approximate surface area is 87.8 Å². The largest absolute Gasteiger partial charge is 0.481 e. The molecule has 1 aromatic rings. The molecule has 2 rings (SSSR count). The summed E-state index contributed by atoms with van der Waals surface area (Å²) < 4.78 is 10.7. The van der Waals surface area contributed by atoms with Gasteiger partial charge < -0.3 is 14.3 Å². The number of carbonyl (C=O) groups is 1. The van der Waals surface area contributed by atoms with Crippen LogP contribution in [0.1, 0.15) is 18.4 Å². The van der Waals surface area contributed by atoms with Gasteiger partial charge in [0.2, 0.25) is 0 Å². The van der Waals surface area contributed by atoms with Crippen molar-refractivity contribution < 1.29 is 19.1 Å². The first-order valence-corrected chi connectivity index (χ1v) is 4.94. The maximum absolute atomic E-state index is 11.0. The van der Waals surface area contributed by atoms with Crippen LogP contribution in [0, 0.1) is 12.8 Å². The summed E-state index contributed by atoms with van der Waals surface area (Å²) in [4.78, 5) is 11.0. The molecule has 1 fully saturated rings. The van der Waals surface area contributed by atoms with Crippen molar-refractivity contribution in [1.82, 2.24) is 0 Å². The van der Waals surface area contributed by atoms with Crippen LogP contribution in [-0.2, 0) is 14.9 Å². The number of aryl methyl sites for hydroxylation is 1. The lowest BCUT2D eigenvalue weighted by Crippen LogP contribution is -2.53. The Morgan fingerprint density at radius 2 is 2.20 bits per heavy atom. The van der Waals surface area contributed by atoms with Gasteiger partial charge in [-0.3, -0.25) is 4.79 Å². The highest BCUT2D eigenvalue weighted by Crippen LogP contribution is 2.40. The first kappa shape index (κ1) is 10.2. The van der Waals surface area contributed by atoms with Crippen molar-refractivity contribution in [3.05, 3.63) is 23.7 Å². The van der Waals surface area contributed by atoms with Gasteiger partial charge in [0.25, 0.3) is 0 Å². The monoisotopic (exact) mass is 210 g/mol. The number of hydrogen-bond acceptors (Lipinski definition) is 3. The minimum Gasteiger partial charge on any atom is -0.481 e. The Morgan fingerprint density at radius 1 is 1.53 bits per heavy atom. The SMILES string of the molecule is Cc1ccc(C2(C(C)C(=O)O)COC2)o1. The lowest BCUT2D eigenvalue weighted by atomic mass is 9.72. The van der Waals surface area contributed by atoms with Crippen molar-refractivity contribution in [3.63, 3.8) is 0 Å². The van der Waals surface area contributed by atoms with Crippen LogP contribution in [0.5, 0.6) is 0 Å². The third-order valence-electron chi connectivity index (χ3n) is 3.15. The molecular weight excluding hydrogens is 196 g/mol. The molecule has 0 radical (unpaired) electrons. The van der Waals surface area contributed by atoms with Crippen molar-refractivity contribution in [3.8, 4) is 0 Å². The number of hydrogen-bond donors (Lipinski definition) is 1. The van der Waals surface area contributed by atoms with Gasteiger partial charge in [0.15, 0.2) is 0 Å². The van der Waals surface area contributed by atoms with Crippen LogP contribution in [0.4, 0.5) is 0 Å². The number of carboxylic acid groups (broad SMARTS) is 1. The first-order valence-electron chi connectivity index (χ1n) is 4.94. The normalized spacial score (nSPS) is 20.7. The van der Waals surface area contributed by atoms with Crippen LogP contribution in [0.25, 0.3) is 0 Å². The summed E-state index contributed by atoms with van der Waals surface area (Å²) >= 11 is 0. The summed E-state index contributed by atoms with van der Waals surface area (Å²) in [6.07, 6.45) is 0. The second-order valence-electron chi connectivity index (χ2n) is 4.12. The number of furan rings is 1. The van der Waals surface area contributed by atoms with E-state index in [2.05, 4.69) is 0 Å². The summed E-state index contributed by atoms with van der Waals surface area (Å²) in [5.41, 5.74) is -0.472. The number of carboxylic acids is 1. The summed E-state index contributed by atoms with van der Waals surface area (Å²) in [5.74, 6) is 0.221. The van der Waals surface area contributed by atoms with Gasteiger partial charge in [-0.2, -0.15) is 0 Å². The molecule has 1 aliphatic heterocycles. The molecule has 0 aliphatic carbocycles. The third-order valence-corrected chi connectivity index (χ3v) is 3.15. The zero-order chi connectivity index (χ0) is 11.1. The molecule has 2 heterocycles. The van der Waals surface area contributed by atoms with Gasteiger partial charge in [-0.15, -0.1) is 0 Å². The first-order chi connectivity index (χ1) is 7.06. The number of ether oxygens (including phenoxy) is 1.